The normalized spacial score (nSPS) is 10.2. The molecule has 0 saturated heterocycles. The molecule has 0 aliphatic carbocycles. The molecule has 0 saturated carbocycles. The minimum Gasteiger partial charge on any atom is -0.0654 e. The Morgan fingerprint density at radius 2 is 0.529 bits per heavy atom. The van der Waals surface area contributed by atoms with Crippen molar-refractivity contribution >= 4 is 0 Å². The summed E-state index contributed by atoms with van der Waals surface area (Å²) in [4.78, 5) is 0. The van der Waals surface area contributed by atoms with E-state index in [1.807, 2.05) is 0 Å². The average Bonchev–Trinajstić information content (AvgIpc) is 2.31. The van der Waals surface area contributed by atoms with Gasteiger partial charge in [0.1, 0.15) is 0 Å². The SMILES string of the molecule is CCCCCCCCCCCCCCCC.[Cu+2]. The van der Waals surface area contributed by atoms with Crippen molar-refractivity contribution in [1.29, 1.82) is 0 Å². The summed E-state index contributed by atoms with van der Waals surface area (Å²) in [6.07, 6.45) is 20.4. The van der Waals surface area contributed by atoms with Gasteiger partial charge in [0.15, 0.2) is 0 Å². The Kier molecular flexibility index (Phi) is 22.0. The molecule has 1 radical (unpaired) electrons. The van der Waals surface area contributed by atoms with Gasteiger partial charge < -0.3 is 0 Å². The summed E-state index contributed by atoms with van der Waals surface area (Å²) in [5.41, 5.74) is 0. The van der Waals surface area contributed by atoms with Crippen LogP contribution in [0.2, 0.25) is 0 Å². The summed E-state index contributed by atoms with van der Waals surface area (Å²) in [5, 5.41) is 0. The summed E-state index contributed by atoms with van der Waals surface area (Å²) in [7, 11) is 0. The van der Waals surface area contributed by atoms with Gasteiger partial charge in [0.25, 0.3) is 0 Å². The van der Waals surface area contributed by atoms with Gasteiger partial charge in [-0.25, -0.2) is 0 Å². The molecule has 0 fully saturated rings. The maximum absolute atomic E-state index is 2.29. The van der Waals surface area contributed by atoms with E-state index in [0.717, 1.165) is 0 Å². The van der Waals surface area contributed by atoms with E-state index in [1.54, 1.807) is 0 Å². The maximum atomic E-state index is 2.29. The molecule has 1 heteroatoms. The van der Waals surface area contributed by atoms with Gasteiger partial charge in [0.2, 0.25) is 0 Å². The van der Waals surface area contributed by atoms with E-state index >= 15 is 0 Å². The van der Waals surface area contributed by atoms with Gasteiger partial charge in [0.05, 0.1) is 0 Å². The van der Waals surface area contributed by atoms with Gasteiger partial charge in [0, 0.05) is 0 Å². The van der Waals surface area contributed by atoms with E-state index in [9.17, 15) is 0 Å². The third kappa shape index (κ3) is 19.1. The first-order chi connectivity index (χ1) is 7.91. The topological polar surface area (TPSA) is 0 Å². The summed E-state index contributed by atoms with van der Waals surface area (Å²) in [6.45, 7) is 4.58. The molecule has 0 bridgehead atoms. The first kappa shape index (κ1) is 19.8. The van der Waals surface area contributed by atoms with Crippen LogP contribution < -0.4 is 0 Å². The van der Waals surface area contributed by atoms with E-state index in [4.69, 9.17) is 0 Å². The van der Waals surface area contributed by atoms with Crippen LogP contribution in [0, 0.1) is 0 Å². The van der Waals surface area contributed by atoms with Gasteiger partial charge in [-0.15, -0.1) is 0 Å². The van der Waals surface area contributed by atoms with Crippen molar-refractivity contribution in [1.82, 2.24) is 0 Å². The zero-order valence-corrected chi connectivity index (χ0v) is 13.1. The molecule has 0 aromatic heterocycles. The molecule has 0 rings (SSSR count). The Labute approximate surface area is 121 Å². The van der Waals surface area contributed by atoms with Crippen molar-refractivity contribution in [2.24, 2.45) is 0 Å². The van der Waals surface area contributed by atoms with Crippen LogP contribution in [0.25, 0.3) is 0 Å². The Morgan fingerprint density at radius 3 is 0.706 bits per heavy atom. The first-order valence-corrected chi connectivity index (χ1v) is 7.91. The van der Waals surface area contributed by atoms with E-state index < -0.39 is 0 Å². The molecule has 0 aliphatic rings. The maximum Gasteiger partial charge on any atom is 2.00 e. The van der Waals surface area contributed by atoms with Crippen LogP contribution in [0.15, 0.2) is 0 Å². The zero-order valence-electron chi connectivity index (χ0n) is 12.2. The van der Waals surface area contributed by atoms with E-state index in [2.05, 4.69) is 13.8 Å². The van der Waals surface area contributed by atoms with Gasteiger partial charge in [-0.1, -0.05) is 104 Å². The quantitative estimate of drug-likeness (QED) is 0.269. The second-order valence-corrected chi connectivity index (χ2v) is 5.24. The molecule has 0 amide bonds. The summed E-state index contributed by atoms with van der Waals surface area (Å²) >= 11 is 0. The molecule has 0 unspecified atom stereocenters. The van der Waals surface area contributed by atoms with Gasteiger partial charge in [-0.3, -0.25) is 0 Å². The van der Waals surface area contributed by atoms with Crippen molar-refractivity contribution in [2.75, 3.05) is 0 Å². The van der Waals surface area contributed by atoms with Gasteiger partial charge in [-0.2, -0.15) is 0 Å². The predicted octanol–water partition coefficient (Wildman–Crippen LogP) is 6.49. The number of hydrogen-bond acceptors (Lipinski definition) is 0. The first-order valence-electron chi connectivity index (χ1n) is 7.91. The molecule has 17 heavy (non-hydrogen) atoms. The molecule has 0 N–H and O–H groups in total. The van der Waals surface area contributed by atoms with Crippen LogP contribution in [0.1, 0.15) is 104 Å². The second kappa shape index (κ2) is 18.9. The minimum absolute atomic E-state index is 0. The molecule has 0 atom stereocenters. The molecule has 0 nitrogen and oxygen atoms in total. The zero-order chi connectivity index (χ0) is 11.9. The smallest absolute Gasteiger partial charge is 0.0654 e. The van der Waals surface area contributed by atoms with Crippen molar-refractivity contribution in [3.8, 4) is 0 Å². The third-order valence-electron chi connectivity index (χ3n) is 3.46. The Morgan fingerprint density at radius 1 is 0.353 bits per heavy atom. The molecule has 107 valence electrons. The number of unbranched alkanes of at least 4 members (excludes halogenated alkanes) is 13. The second-order valence-electron chi connectivity index (χ2n) is 5.24. The minimum atomic E-state index is 0. The van der Waals surface area contributed by atoms with Crippen LogP contribution in [0.4, 0.5) is 0 Å². The molecule has 0 spiro atoms. The van der Waals surface area contributed by atoms with Crippen LogP contribution in [0.3, 0.4) is 0 Å². The number of hydrogen-bond donors (Lipinski definition) is 0. The largest absolute Gasteiger partial charge is 2.00 e. The molecule has 0 aromatic rings. The van der Waals surface area contributed by atoms with Crippen molar-refractivity contribution in [3.05, 3.63) is 0 Å². The Hall–Kier alpha value is 0.519. The van der Waals surface area contributed by atoms with Crippen LogP contribution in [-0.4, -0.2) is 0 Å². The fourth-order valence-corrected chi connectivity index (χ4v) is 2.27. The fraction of sp³-hybridized carbons (Fsp3) is 1.00. The summed E-state index contributed by atoms with van der Waals surface area (Å²) in [5.74, 6) is 0. The molecule has 0 heterocycles. The standard InChI is InChI=1S/C16H34.Cu/c1-3-5-7-9-11-13-15-16-14-12-10-8-6-4-2;/h3-16H2,1-2H3;/q;+2. The third-order valence-corrected chi connectivity index (χ3v) is 3.46. The molecular weight excluding hydrogens is 256 g/mol. The number of rotatable bonds is 13. The fourth-order valence-electron chi connectivity index (χ4n) is 2.27. The van der Waals surface area contributed by atoms with Crippen LogP contribution in [0.5, 0.6) is 0 Å². The molecular formula is C16H34Cu+2. The van der Waals surface area contributed by atoms with Crippen LogP contribution in [-0.2, 0) is 17.1 Å². The summed E-state index contributed by atoms with van der Waals surface area (Å²) < 4.78 is 0. The summed E-state index contributed by atoms with van der Waals surface area (Å²) in [6, 6.07) is 0. The van der Waals surface area contributed by atoms with E-state index in [0.29, 0.717) is 0 Å². The van der Waals surface area contributed by atoms with Gasteiger partial charge in [-0.05, 0) is 0 Å². The van der Waals surface area contributed by atoms with Crippen molar-refractivity contribution in [3.63, 3.8) is 0 Å². The van der Waals surface area contributed by atoms with Gasteiger partial charge >= 0.3 is 17.1 Å². The molecule has 0 aliphatic heterocycles. The van der Waals surface area contributed by atoms with Crippen LogP contribution >= 0.6 is 0 Å². The van der Waals surface area contributed by atoms with Crippen molar-refractivity contribution < 1.29 is 17.1 Å². The van der Waals surface area contributed by atoms with E-state index in [-0.39, 0.29) is 17.1 Å². The molecule has 0 aromatic carbocycles. The van der Waals surface area contributed by atoms with Crippen molar-refractivity contribution in [2.45, 2.75) is 104 Å². The Bertz CT molecular complexity index is 98.1. The predicted molar refractivity (Wildman–Crippen MR) is 76.0 cm³/mol. The Balaban J connectivity index is 0. The van der Waals surface area contributed by atoms with E-state index in [1.165, 1.54) is 89.9 Å². The monoisotopic (exact) mass is 289 g/mol. The average molecular weight is 290 g/mol.